The lowest BCUT2D eigenvalue weighted by atomic mass is 9.90. The monoisotopic (exact) mass is 498 g/mol. The maximum Gasteiger partial charge on any atom is 0.325 e. The third kappa shape index (κ3) is 3.87. The minimum Gasteiger partial charge on any atom is -0.497 e. The normalized spacial score (nSPS) is 16.1. The summed E-state index contributed by atoms with van der Waals surface area (Å²) in [5.41, 5.74) is 1.26. The lowest BCUT2D eigenvalue weighted by molar-refractivity contribution is -0.141. The Bertz CT molecular complexity index is 1380. The fourth-order valence-electron chi connectivity index (χ4n) is 4.32. The standard InChI is InChI=1S/C24H22N2O8S/c1-30-15-6-4-5-14(9-15)26-19(27)10-16(13-7-17(31-2)21-18(8-13)33-12-34-21)22-23(26)25(24(29)35-22)11-20(28)32-3/h4-9,16H,10-12H2,1-3H3. The zero-order valence-electron chi connectivity index (χ0n) is 19.2. The predicted octanol–water partition coefficient (Wildman–Crippen LogP) is 3.03. The van der Waals surface area contributed by atoms with E-state index in [4.69, 9.17) is 23.7 Å². The number of aromatic nitrogens is 1. The van der Waals surface area contributed by atoms with E-state index < -0.39 is 11.9 Å². The molecule has 0 spiro atoms. The SMILES string of the molecule is COC(=O)Cn1c2c(sc1=O)C(c1cc(OC)c3c(c1)OCO3)CC(=O)N2c1cccc(OC)c1. The first-order valence-electron chi connectivity index (χ1n) is 10.7. The minimum atomic E-state index is -0.599. The van der Waals surface area contributed by atoms with Crippen molar-refractivity contribution in [1.29, 1.82) is 0 Å². The predicted molar refractivity (Wildman–Crippen MR) is 126 cm³/mol. The fourth-order valence-corrected chi connectivity index (χ4v) is 5.42. The van der Waals surface area contributed by atoms with E-state index in [0.717, 1.165) is 16.9 Å². The summed E-state index contributed by atoms with van der Waals surface area (Å²) >= 11 is 0.991. The molecule has 2 aliphatic rings. The van der Waals surface area contributed by atoms with E-state index >= 15 is 0 Å². The summed E-state index contributed by atoms with van der Waals surface area (Å²) in [5.74, 6) is 1.05. The van der Waals surface area contributed by atoms with Crippen LogP contribution in [0.15, 0.2) is 41.2 Å². The van der Waals surface area contributed by atoms with E-state index in [9.17, 15) is 14.4 Å². The molecule has 0 N–H and O–H groups in total. The van der Waals surface area contributed by atoms with Crippen LogP contribution in [0.5, 0.6) is 23.0 Å². The smallest absolute Gasteiger partial charge is 0.325 e. The van der Waals surface area contributed by atoms with Gasteiger partial charge in [-0.2, -0.15) is 0 Å². The molecule has 3 heterocycles. The zero-order valence-corrected chi connectivity index (χ0v) is 20.0. The molecule has 182 valence electrons. The summed E-state index contributed by atoms with van der Waals surface area (Å²) in [6, 6.07) is 10.5. The van der Waals surface area contributed by atoms with Crippen LogP contribution >= 0.6 is 11.3 Å². The second-order valence-corrected chi connectivity index (χ2v) is 8.86. The van der Waals surface area contributed by atoms with E-state index in [0.29, 0.717) is 39.4 Å². The number of anilines is 2. The molecule has 10 nitrogen and oxygen atoms in total. The van der Waals surface area contributed by atoms with Crippen molar-refractivity contribution in [2.75, 3.05) is 33.0 Å². The molecule has 1 amide bonds. The van der Waals surface area contributed by atoms with Gasteiger partial charge in [-0.3, -0.25) is 23.9 Å². The highest BCUT2D eigenvalue weighted by molar-refractivity contribution is 7.10. The van der Waals surface area contributed by atoms with Gasteiger partial charge < -0.3 is 23.7 Å². The molecule has 1 unspecified atom stereocenters. The van der Waals surface area contributed by atoms with Gasteiger partial charge in [0, 0.05) is 18.4 Å². The molecule has 0 saturated heterocycles. The van der Waals surface area contributed by atoms with Crippen molar-refractivity contribution in [3.8, 4) is 23.0 Å². The van der Waals surface area contributed by atoms with Gasteiger partial charge in [0.1, 0.15) is 18.1 Å². The molecule has 0 aliphatic carbocycles. The molecule has 1 aromatic heterocycles. The van der Waals surface area contributed by atoms with Crippen molar-refractivity contribution in [2.45, 2.75) is 18.9 Å². The molecule has 1 atom stereocenters. The van der Waals surface area contributed by atoms with Crippen LogP contribution in [0.2, 0.25) is 0 Å². The number of ether oxygens (including phenoxy) is 5. The van der Waals surface area contributed by atoms with Crippen molar-refractivity contribution < 1.29 is 33.3 Å². The second kappa shape index (κ2) is 8.99. The number of hydrogen-bond donors (Lipinski definition) is 0. The Morgan fingerprint density at radius 3 is 2.69 bits per heavy atom. The van der Waals surface area contributed by atoms with Crippen LogP contribution in [0, 0.1) is 0 Å². The number of nitrogens with zero attached hydrogens (tertiary/aromatic N) is 2. The Balaban J connectivity index is 1.70. The number of hydrogen-bond acceptors (Lipinski definition) is 9. The molecule has 3 aromatic rings. The summed E-state index contributed by atoms with van der Waals surface area (Å²) in [7, 11) is 4.30. The fraction of sp³-hybridized carbons (Fsp3) is 0.292. The Hall–Kier alpha value is -3.99. The molecule has 11 heteroatoms. The average molecular weight is 499 g/mol. The van der Waals surface area contributed by atoms with Crippen LogP contribution in [0.25, 0.3) is 0 Å². The van der Waals surface area contributed by atoms with Crippen LogP contribution in [-0.4, -0.2) is 44.6 Å². The number of carbonyl (C=O) groups is 2. The minimum absolute atomic E-state index is 0.0659. The van der Waals surface area contributed by atoms with Gasteiger partial charge in [0.15, 0.2) is 11.5 Å². The number of fused-ring (bicyclic) bond motifs is 2. The van der Waals surface area contributed by atoms with Crippen LogP contribution in [0.1, 0.15) is 22.8 Å². The van der Waals surface area contributed by atoms with E-state index in [-0.39, 0.29) is 30.5 Å². The highest BCUT2D eigenvalue weighted by Gasteiger charge is 2.39. The first kappa shape index (κ1) is 22.8. The molecule has 0 fully saturated rings. The maximum atomic E-state index is 13.6. The van der Waals surface area contributed by atoms with Gasteiger partial charge in [0.05, 0.1) is 31.9 Å². The Morgan fingerprint density at radius 2 is 1.94 bits per heavy atom. The first-order chi connectivity index (χ1) is 16.9. The number of carbonyl (C=O) groups excluding carboxylic acids is 2. The van der Waals surface area contributed by atoms with Gasteiger partial charge in [-0.05, 0) is 29.8 Å². The number of thiazole rings is 1. The Morgan fingerprint density at radius 1 is 1.11 bits per heavy atom. The van der Waals surface area contributed by atoms with Crippen LogP contribution < -0.4 is 28.7 Å². The number of rotatable bonds is 6. The van der Waals surface area contributed by atoms with Gasteiger partial charge in [0.25, 0.3) is 0 Å². The van der Waals surface area contributed by atoms with Gasteiger partial charge in [-0.25, -0.2) is 0 Å². The highest BCUT2D eigenvalue weighted by Crippen LogP contribution is 2.49. The molecular weight excluding hydrogens is 476 g/mol. The summed E-state index contributed by atoms with van der Waals surface area (Å²) in [6.45, 7) is -0.261. The quantitative estimate of drug-likeness (QED) is 0.478. The van der Waals surface area contributed by atoms with Crippen LogP contribution in [-0.2, 0) is 20.9 Å². The second-order valence-electron chi connectivity index (χ2n) is 7.86. The zero-order chi connectivity index (χ0) is 24.7. The largest absolute Gasteiger partial charge is 0.497 e. The number of methoxy groups -OCH3 is 3. The average Bonchev–Trinajstić information content (AvgIpc) is 3.47. The van der Waals surface area contributed by atoms with Gasteiger partial charge in [-0.15, -0.1) is 0 Å². The topological polar surface area (TPSA) is 106 Å². The van der Waals surface area contributed by atoms with Gasteiger partial charge in [-0.1, -0.05) is 17.4 Å². The molecular formula is C24H22N2O8S. The lowest BCUT2D eigenvalue weighted by Gasteiger charge is -2.32. The van der Waals surface area contributed by atoms with Crippen molar-refractivity contribution >= 4 is 34.7 Å². The summed E-state index contributed by atoms with van der Waals surface area (Å²) < 4.78 is 27.9. The van der Waals surface area contributed by atoms with Gasteiger partial charge in [0.2, 0.25) is 18.4 Å². The molecule has 0 radical (unpaired) electrons. The molecule has 0 bridgehead atoms. The molecule has 2 aliphatic heterocycles. The van der Waals surface area contributed by atoms with Crippen LogP contribution in [0.4, 0.5) is 11.5 Å². The van der Waals surface area contributed by atoms with E-state index in [1.807, 2.05) is 0 Å². The van der Waals surface area contributed by atoms with E-state index in [1.165, 1.54) is 30.8 Å². The van der Waals surface area contributed by atoms with Crippen molar-refractivity contribution in [1.82, 2.24) is 4.57 Å². The van der Waals surface area contributed by atoms with Crippen molar-refractivity contribution in [3.63, 3.8) is 0 Å². The molecule has 5 rings (SSSR count). The summed E-state index contributed by atoms with van der Waals surface area (Å²) in [5, 5.41) is 0. The van der Waals surface area contributed by atoms with E-state index in [1.54, 1.807) is 36.4 Å². The van der Waals surface area contributed by atoms with Gasteiger partial charge >= 0.3 is 10.8 Å². The lowest BCUT2D eigenvalue weighted by Crippen LogP contribution is -2.36. The first-order valence-corrected chi connectivity index (χ1v) is 11.5. The molecule has 35 heavy (non-hydrogen) atoms. The van der Waals surface area contributed by atoms with E-state index in [2.05, 4.69) is 0 Å². The number of esters is 1. The number of amides is 1. The summed E-state index contributed by atoms with van der Waals surface area (Å²) in [6.07, 6.45) is 0.0885. The van der Waals surface area contributed by atoms with Crippen LogP contribution in [0.3, 0.4) is 0 Å². The van der Waals surface area contributed by atoms with Crippen molar-refractivity contribution in [2.24, 2.45) is 0 Å². The Labute approximate surface area is 204 Å². The Kier molecular flexibility index (Phi) is 5.85. The maximum absolute atomic E-state index is 13.6. The van der Waals surface area contributed by atoms with Crippen molar-refractivity contribution in [3.05, 3.63) is 56.5 Å². The summed E-state index contributed by atoms with van der Waals surface area (Å²) in [4.78, 5) is 40.6. The molecule has 2 aromatic carbocycles. The third-order valence-electron chi connectivity index (χ3n) is 5.96. The third-order valence-corrected chi connectivity index (χ3v) is 7.04. The highest BCUT2D eigenvalue weighted by atomic mass is 32.1. The number of benzene rings is 2. The molecule has 0 saturated carbocycles.